The highest BCUT2D eigenvalue weighted by molar-refractivity contribution is 6.41. The molecule has 2 aliphatic heterocycles. The number of ether oxygens (including phenoxy) is 2. The lowest BCUT2D eigenvalue weighted by molar-refractivity contribution is -0.139. The Morgan fingerprint density at radius 2 is 1.76 bits per heavy atom. The number of halogens is 1. The van der Waals surface area contributed by atoms with Crippen molar-refractivity contribution in [1.29, 1.82) is 0 Å². The van der Waals surface area contributed by atoms with Crippen molar-refractivity contribution < 1.29 is 19.1 Å². The second-order valence-corrected chi connectivity index (χ2v) is 8.37. The van der Waals surface area contributed by atoms with E-state index < -0.39 is 23.4 Å². The Balaban J connectivity index is 1.76. The first kappa shape index (κ1) is 21.9. The van der Waals surface area contributed by atoms with Crippen LogP contribution in [0, 0.1) is 0 Å². The molecule has 34 heavy (non-hydrogen) atoms. The monoisotopic (exact) mass is 472 g/mol. The molecule has 2 unspecified atom stereocenters. The smallest absolute Gasteiger partial charge is 0.355 e. The van der Waals surface area contributed by atoms with Gasteiger partial charge in [-0.05, 0) is 36.8 Å². The average molecular weight is 473 g/mol. The number of esters is 2. The molecule has 5 rings (SSSR count). The molecule has 3 aromatic rings. The maximum absolute atomic E-state index is 13.8. The van der Waals surface area contributed by atoms with Gasteiger partial charge in [0.2, 0.25) is 0 Å². The Kier molecular flexibility index (Phi) is 5.67. The highest BCUT2D eigenvalue weighted by Gasteiger charge is 2.62. The van der Waals surface area contributed by atoms with Crippen molar-refractivity contribution >= 4 is 40.7 Å². The van der Waals surface area contributed by atoms with Crippen LogP contribution >= 0.6 is 11.6 Å². The second-order valence-electron chi connectivity index (χ2n) is 7.93. The minimum absolute atomic E-state index is 0.121. The first-order valence-corrected chi connectivity index (χ1v) is 11.3. The van der Waals surface area contributed by atoms with Crippen LogP contribution in [-0.2, 0) is 19.1 Å². The van der Waals surface area contributed by atoms with Gasteiger partial charge in [0.05, 0.1) is 18.2 Å². The Labute approximate surface area is 202 Å². The lowest BCUT2D eigenvalue weighted by Crippen LogP contribution is -2.51. The lowest BCUT2D eigenvalue weighted by Gasteiger charge is -2.34. The number of cyclic esters (lactones) is 1. The summed E-state index contributed by atoms with van der Waals surface area (Å²) in [5, 5.41) is 6.66. The number of rotatable bonds is 5. The maximum atomic E-state index is 13.8. The SMILES string of the molecule is CCOC(=O)C1=NN(c2cccc(Cl)c2)C2(C=C(c3ccccc3)OC2=O)C1c1ccccc1. The van der Waals surface area contributed by atoms with Gasteiger partial charge in [0.25, 0.3) is 0 Å². The number of anilines is 1. The van der Waals surface area contributed by atoms with E-state index in [2.05, 4.69) is 5.10 Å². The molecule has 2 heterocycles. The molecule has 170 valence electrons. The molecule has 0 fully saturated rings. The standard InChI is InChI=1S/C27H21ClN2O4/c1-2-33-25(31)24-23(19-12-7-4-8-13-19)27(30(29-24)21-15-9-14-20(28)16-21)17-22(34-26(27)32)18-10-5-3-6-11-18/h3-17,23H,2H2,1H3. The fourth-order valence-electron chi connectivity index (χ4n) is 4.44. The number of hydrazone groups is 1. The van der Waals surface area contributed by atoms with E-state index in [1.165, 1.54) is 5.01 Å². The molecule has 0 saturated carbocycles. The Bertz CT molecular complexity index is 1310. The van der Waals surface area contributed by atoms with Crippen molar-refractivity contribution in [3.63, 3.8) is 0 Å². The minimum Gasteiger partial charge on any atom is -0.461 e. The molecule has 1 spiro atoms. The van der Waals surface area contributed by atoms with Crippen molar-refractivity contribution in [2.45, 2.75) is 18.4 Å². The van der Waals surface area contributed by atoms with Gasteiger partial charge in [-0.25, -0.2) is 14.6 Å². The van der Waals surface area contributed by atoms with Crippen LogP contribution in [-0.4, -0.2) is 29.8 Å². The summed E-state index contributed by atoms with van der Waals surface area (Å²) in [6.45, 7) is 1.91. The van der Waals surface area contributed by atoms with Crippen LogP contribution in [0.2, 0.25) is 5.02 Å². The quantitative estimate of drug-likeness (QED) is 0.477. The van der Waals surface area contributed by atoms with Crippen LogP contribution in [0.15, 0.2) is 96.1 Å². The first-order chi connectivity index (χ1) is 16.5. The molecule has 0 saturated heterocycles. The number of nitrogens with zero attached hydrogens (tertiary/aromatic N) is 2. The highest BCUT2D eigenvalue weighted by Crippen LogP contribution is 2.50. The summed E-state index contributed by atoms with van der Waals surface area (Å²) in [7, 11) is 0. The van der Waals surface area contributed by atoms with Crippen LogP contribution in [0.25, 0.3) is 5.76 Å². The number of carbonyl (C=O) groups is 2. The van der Waals surface area contributed by atoms with E-state index in [1.54, 1.807) is 37.3 Å². The zero-order valence-electron chi connectivity index (χ0n) is 18.4. The van der Waals surface area contributed by atoms with Gasteiger partial charge in [-0.3, -0.25) is 0 Å². The van der Waals surface area contributed by atoms with Crippen molar-refractivity contribution in [2.75, 3.05) is 11.6 Å². The van der Waals surface area contributed by atoms with Gasteiger partial charge < -0.3 is 9.47 Å². The molecule has 0 N–H and O–H groups in total. The van der Waals surface area contributed by atoms with E-state index in [4.69, 9.17) is 21.1 Å². The van der Waals surface area contributed by atoms with Crippen molar-refractivity contribution in [1.82, 2.24) is 0 Å². The normalized spacial score (nSPS) is 21.3. The highest BCUT2D eigenvalue weighted by atomic mass is 35.5. The van der Waals surface area contributed by atoms with E-state index in [-0.39, 0.29) is 12.3 Å². The molecule has 6 nitrogen and oxygen atoms in total. The van der Waals surface area contributed by atoms with Gasteiger partial charge in [0.1, 0.15) is 5.76 Å². The third-order valence-electron chi connectivity index (χ3n) is 5.88. The molecule has 2 atom stereocenters. The number of hydrogen-bond acceptors (Lipinski definition) is 6. The minimum atomic E-state index is -1.45. The predicted molar refractivity (Wildman–Crippen MR) is 130 cm³/mol. The van der Waals surface area contributed by atoms with Crippen LogP contribution in [0.3, 0.4) is 0 Å². The topological polar surface area (TPSA) is 68.2 Å². The molecule has 3 aromatic carbocycles. The number of benzene rings is 3. The molecular formula is C27H21ClN2O4. The van der Waals surface area contributed by atoms with Gasteiger partial charge >= 0.3 is 11.9 Å². The van der Waals surface area contributed by atoms with E-state index in [9.17, 15) is 9.59 Å². The zero-order valence-corrected chi connectivity index (χ0v) is 19.1. The van der Waals surface area contributed by atoms with Crippen molar-refractivity contribution in [3.8, 4) is 0 Å². The van der Waals surface area contributed by atoms with Gasteiger partial charge in [0.15, 0.2) is 11.3 Å². The Hall–Kier alpha value is -3.90. The van der Waals surface area contributed by atoms with Gasteiger partial charge in [-0.2, -0.15) is 5.10 Å². The van der Waals surface area contributed by atoms with E-state index >= 15 is 0 Å². The van der Waals surface area contributed by atoms with Crippen LogP contribution in [0.5, 0.6) is 0 Å². The lowest BCUT2D eigenvalue weighted by atomic mass is 9.76. The summed E-state index contributed by atoms with van der Waals surface area (Å²) in [6, 6.07) is 25.7. The summed E-state index contributed by atoms with van der Waals surface area (Å²) in [5.41, 5.74) is 0.710. The van der Waals surface area contributed by atoms with Crippen molar-refractivity contribution in [3.05, 3.63) is 107 Å². The fraction of sp³-hybridized carbons (Fsp3) is 0.148. The molecule has 2 aliphatic rings. The Morgan fingerprint density at radius 1 is 1.06 bits per heavy atom. The van der Waals surface area contributed by atoms with Gasteiger partial charge in [-0.15, -0.1) is 0 Å². The zero-order chi connectivity index (χ0) is 23.7. The fourth-order valence-corrected chi connectivity index (χ4v) is 4.63. The number of hydrogen-bond donors (Lipinski definition) is 0. The van der Waals surface area contributed by atoms with Gasteiger partial charge in [0, 0.05) is 10.6 Å². The molecule has 7 heteroatoms. The summed E-state index contributed by atoms with van der Waals surface area (Å²) in [5.74, 6) is -1.49. The predicted octanol–water partition coefficient (Wildman–Crippen LogP) is 5.20. The summed E-state index contributed by atoms with van der Waals surface area (Å²) in [6.07, 6.45) is 1.75. The first-order valence-electron chi connectivity index (χ1n) is 10.9. The van der Waals surface area contributed by atoms with Crippen LogP contribution in [0.4, 0.5) is 5.69 Å². The van der Waals surface area contributed by atoms with Crippen LogP contribution < -0.4 is 5.01 Å². The third kappa shape index (κ3) is 3.56. The molecule has 0 radical (unpaired) electrons. The van der Waals surface area contributed by atoms with E-state index in [0.717, 1.165) is 11.1 Å². The molecule has 0 aromatic heterocycles. The third-order valence-corrected chi connectivity index (χ3v) is 6.12. The molecule has 0 bridgehead atoms. The number of carbonyl (C=O) groups excluding carboxylic acids is 2. The molecular weight excluding hydrogens is 452 g/mol. The maximum Gasteiger partial charge on any atom is 0.355 e. The van der Waals surface area contributed by atoms with Crippen molar-refractivity contribution in [2.24, 2.45) is 5.10 Å². The summed E-state index contributed by atoms with van der Waals surface area (Å²) >= 11 is 6.28. The largest absolute Gasteiger partial charge is 0.461 e. The van der Waals surface area contributed by atoms with Gasteiger partial charge in [-0.1, -0.05) is 78.3 Å². The Morgan fingerprint density at radius 3 is 2.44 bits per heavy atom. The second kappa shape index (κ2) is 8.80. The molecule has 0 amide bonds. The van der Waals surface area contributed by atoms with E-state index in [1.807, 2.05) is 60.7 Å². The van der Waals surface area contributed by atoms with E-state index in [0.29, 0.717) is 16.5 Å². The average Bonchev–Trinajstić information content (AvgIpc) is 3.38. The summed E-state index contributed by atoms with van der Waals surface area (Å²) in [4.78, 5) is 26.9. The summed E-state index contributed by atoms with van der Waals surface area (Å²) < 4.78 is 11.2. The molecule has 0 aliphatic carbocycles. The van der Waals surface area contributed by atoms with Crippen LogP contribution in [0.1, 0.15) is 24.0 Å².